The molecule has 0 radical (unpaired) electrons. The lowest BCUT2D eigenvalue weighted by Crippen LogP contribution is -2.44. The number of rotatable bonds is 1. The summed E-state index contributed by atoms with van der Waals surface area (Å²) in [5.74, 6) is -0.534. The number of aromatic nitrogens is 4. The minimum Gasteiger partial charge on any atom is -0.440 e. The van der Waals surface area contributed by atoms with Gasteiger partial charge in [0.1, 0.15) is 11.6 Å². The number of fused-ring (bicyclic) bond motifs is 2. The zero-order valence-electron chi connectivity index (χ0n) is 16.3. The van der Waals surface area contributed by atoms with Crippen LogP contribution in [-0.4, -0.2) is 18.3 Å². The zero-order valence-corrected chi connectivity index (χ0v) is 16.3. The van der Waals surface area contributed by atoms with Gasteiger partial charge in [-0.25, -0.2) is 9.59 Å². The number of ether oxygens (including phenoxy) is 1. The monoisotopic (exact) mass is 397 g/mol. The molecular formula is C19H19N5O5. The summed E-state index contributed by atoms with van der Waals surface area (Å²) in [6.07, 6.45) is 0. The first-order valence-electron chi connectivity index (χ1n) is 8.78. The van der Waals surface area contributed by atoms with Gasteiger partial charge in [0.05, 0.1) is 17.0 Å². The Bertz CT molecular complexity index is 1400. The van der Waals surface area contributed by atoms with E-state index in [4.69, 9.17) is 10.5 Å². The molecule has 3 aromatic rings. The molecule has 2 N–H and O–H groups in total. The van der Waals surface area contributed by atoms with Crippen LogP contribution in [0.15, 0.2) is 43.4 Å². The summed E-state index contributed by atoms with van der Waals surface area (Å²) in [5, 5.41) is 0. The molecule has 4 rings (SSSR count). The van der Waals surface area contributed by atoms with Gasteiger partial charge in [-0.3, -0.25) is 27.9 Å². The third-order valence-electron chi connectivity index (χ3n) is 5.40. The van der Waals surface area contributed by atoms with Crippen molar-refractivity contribution < 1.29 is 4.74 Å². The van der Waals surface area contributed by atoms with E-state index in [2.05, 4.69) is 0 Å². The summed E-state index contributed by atoms with van der Waals surface area (Å²) in [6.45, 7) is 0. The fourth-order valence-corrected chi connectivity index (χ4v) is 3.75. The molecule has 10 nitrogen and oxygen atoms in total. The number of para-hydroxylation sites is 1. The average Bonchev–Trinajstić information content (AvgIpc) is 2.73. The first-order valence-corrected chi connectivity index (χ1v) is 8.78. The van der Waals surface area contributed by atoms with Gasteiger partial charge >= 0.3 is 11.4 Å². The van der Waals surface area contributed by atoms with Gasteiger partial charge in [0.25, 0.3) is 11.1 Å². The van der Waals surface area contributed by atoms with Gasteiger partial charge < -0.3 is 10.5 Å². The van der Waals surface area contributed by atoms with Gasteiger partial charge in [-0.05, 0) is 6.07 Å². The molecule has 0 amide bonds. The minimum absolute atomic E-state index is 0.0390. The molecule has 0 bridgehead atoms. The zero-order chi connectivity index (χ0) is 21.2. The first kappa shape index (κ1) is 18.5. The maximum atomic E-state index is 13.1. The summed E-state index contributed by atoms with van der Waals surface area (Å²) >= 11 is 0. The Labute approximate surface area is 163 Å². The number of anilines is 1. The Balaban J connectivity index is 2.24. The number of nitrogens with two attached hydrogens (primary N) is 1. The summed E-state index contributed by atoms with van der Waals surface area (Å²) in [4.78, 5) is 50.9. The van der Waals surface area contributed by atoms with E-state index in [-0.39, 0.29) is 22.8 Å². The lowest BCUT2D eigenvalue weighted by Gasteiger charge is -2.29. The summed E-state index contributed by atoms with van der Waals surface area (Å²) < 4.78 is 10.1. The predicted octanol–water partition coefficient (Wildman–Crippen LogP) is -0.650. The van der Waals surface area contributed by atoms with Crippen molar-refractivity contribution in [1.29, 1.82) is 0 Å². The van der Waals surface area contributed by atoms with E-state index in [0.29, 0.717) is 11.3 Å². The third-order valence-corrected chi connectivity index (χ3v) is 5.40. The number of hydrogen-bond acceptors (Lipinski definition) is 6. The summed E-state index contributed by atoms with van der Waals surface area (Å²) in [6, 6.07) is 6.88. The molecule has 3 heterocycles. The minimum atomic E-state index is -0.911. The van der Waals surface area contributed by atoms with Crippen LogP contribution in [0.4, 0.5) is 5.82 Å². The molecule has 29 heavy (non-hydrogen) atoms. The lowest BCUT2D eigenvalue weighted by atomic mass is 9.84. The van der Waals surface area contributed by atoms with Gasteiger partial charge in [-0.1, -0.05) is 18.2 Å². The van der Waals surface area contributed by atoms with Crippen LogP contribution >= 0.6 is 0 Å². The standard InChI is InChI=1S/C19H19N5O5/c1-21-14(20)12(15(25)22(2)18(21)27)11-9-7-5-6-8-10(9)29-17-13(11)16(26)23(3)19(28)24(17)4/h5-8,11H,20H2,1-4H3/t11-/m1/s1. The van der Waals surface area contributed by atoms with Crippen molar-refractivity contribution in [3.8, 4) is 11.6 Å². The SMILES string of the molecule is Cn1c(N)c([C@H]2c3ccccc3Oc3c2c(=O)n(C)c(=O)n3C)c(=O)n(C)c1=O. The fraction of sp³-hybridized carbons (Fsp3) is 0.263. The van der Waals surface area contributed by atoms with E-state index in [9.17, 15) is 19.2 Å². The van der Waals surface area contributed by atoms with E-state index >= 15 is 0 Å². The van der Waals surface area contributed by atoms with E-state index in [1.54, 1.807) is 24.3 Å². The van der Waals surface area contributed by atoms with Crippen LogP contribution < -0.4 is 33.0 Å². The molecule has 0 saturated carbocycles. The van der Waals surface area contributed by atoms with Crippen molar-refractivity contribution in [3.63, 3.8) is 0 Å². The number of nitrogens with zero attached hydrogens (tertiary/aromatic N) is 4. The third kappa shape index (κ3) is 2.35. The number of benzene rings is 1. The molecule has 0 saturated heterocycles. The highest BCUT2D eigenvalue weighted by Gasteiger charge is 2.37. The molecule has 1 aromatic carbocycles. The first-order chi connectivity index (χ1) is 13.7. The van der Waals surface area contributed by atoms with Crippen molar-refractivity contribution >= 4 is 5.82 Å². The van der Waals surface area contributed by atoms with Crippen molar-refractivity contribution in [1.82, 2.24) is 18.3 Å². The lowest BCUT2D eigenvalue weighted by molar-refractivity contribution is 0.394. The maximum absolute atomic E-state index is 13.1. The van der Waals surface area contributed by atoms with Crippen LogP contribution in [0.25, 0.3) is 0 Å². The van der Waals surface area contributed by atoms with E-state index in [1.165, 1.54) is 32.8 Å². The molecule has 1 atom stereocenters. The van der Waals surface area contributed by atoms with Crippen LogP contribution in [0.5, 0.6) is 11.6 Å². The predicted molar refractivity (Wildman–Crippen MR) is 106 cm³/mol. The second kappa shape index (κ2) is 6.09. The van der Waals surface area contributed by atoms with Crippen LogP contribution in [0.1, 0.15) is 22.6 Å². The maximum Gasteiger partial charge on any atom is 0.333 e. The van der Waals surface area contributed by atoms with Gasteiger partial charge in [-0.2, -0.15) is 0 Å². The molecule has 150 valence electrons. The fourth-order valence-electron chi connectivity index (χ4n) is 3.75. The second-order valence-corrected chi connectivity index (χ2v) is 7.00. The van der Waals surface area contributed by atoms with Crippen molar-refractivity contribution in [2.75, 3.05) is 5.73 Å². The molecule has 0 aliphatic carbocycles. The normalized spacial score (nSPS) is 14.8. The largest absolute Gasteiger partial charge is 0.440 e. The van der Waals surface area contributed by atoms with Crippen molar-refractivity contribution in [2.24, 2.45) is 28.2 Å². The molecule has 0 fully saturated rings. The highest BCUT2D eigenvalue weighted by Crippen LogP contribution is 2.45. The molecule has 2 aromatic heterocycles. The molecule has 1 aliphatic rings. The molecule has 1 aliphatic heterocycles. The Morgan fingerprint density at radius 3 is 2.00 bits per heavy atom. The molecule has 10 heteroatoms. The van der Waals surface area contributed by atoms with Crippen LogP contribution in [0.2, 0.25) is 0 Å². The molecule has 0 unspecified atom stereocenters. The number of hydrogen-bond donors (Lipinski definition) is 1. The quantitative estimate of drug-likeness (QED) is 0.455. The second-order valence-electron chi connectivity index (χ2n) is 7.00. The smallest absolute Gasteiger partial charge is 0.333 e. The highest BCUT2D eigenvalue weighted by atomic mass is 16.5. The van der Waals surface area contributed by atoms with E-state index < -0.39 is 28.4 Å². The topological polar surface area (TPSA) is 123 Å². The number of nitrogen functional groups attached to an aromatic ring is 1. The van der Waals surface area contributed by atoms with Crippen LogP contribution in [0, 0.1) is 0 Å². The van der Waals surface area contributed by atoms with Crippen LogP contribution in [0.3, 0.4) is 0 Å². The average molecular weight is 397 g/mol. The summed E-state index contributed by atoms with van der Waals surface area (Å²) in [7, 11) is 5.63. The summed E-state index contributed by atoms with van der Waals surface area (Å²) in [5.41, 5.74) is 4.55. The Kier molecular flexibility index (Phi) is 3.89. The highest BCUT2D eigenvalue weighted by molar-refractivity contribution is 5.59. The van der Waals surface area contributed by atoms with Crippen molar-refractivity contribution in [3.05, 3.63) is 82.6 Å². The Morgan fingerprint density at radius 2 is 1.34 bits per heavy atom. The van der Waals surface area contributed by atoms with Gasteiger partial charge in [-0.15, -0.1) is 0 Å². The van der Waals surface area contributed by atoms with Gasteiger partial charge in [0, 0.05) is 33.8 Å². The van der Waals surface area contributed by atoms with Gasteiger partial charge in [0.2, 0.25) is 5.88 Å². The van der Waals surface area contributed by atoms with Crippen LogP contribution in [-0.2, 0) is 28.2 Å². The van der Waals surface area contributed by atoms with E-state index in [0.717, 1.165) is 13.7 Å². The molecule has 0 spiro atoms. The van der Waals surface area contributed by atoms with Crippen molar-refractivity contribution in [2.45, 2.75) is 5.92 Å². The Morgan fingerprint density at radius 1 is 0.793 bits per heavy atom. The van der Waals surface area contributed by atoms with Gasteiger partial charge in [0.15, 0.2) is 0 Å². The van der Waals surface area contributed by atoms with E-state index in [1.807, 2.05) is 0 Å². The Hall–Kier alpha value is -3.82. The molecular weight excluding hydrogens is 378 g/mol.